The smallest absolute Gasteiger partial charge is 0.309 e. The molecule has 0 aromatic heterocycles. The maximum absolute atomic E-state index is 10.1. The van der Waals surface area contributed by atoms with E-state index in [-0.39, 0.29) is 0 Å². The molecule has 0 unspecified atom stereocenters. The number of hydrogen-bond acceptors (Lipinski definition) is 2. The minimum atomic E-state index is 0.554. The van der Waals surface area contributed by atoms with Crippen molar-refractivity contribution in [3.63, 3.8) is 0 Å². The molecule has 0 heterocycles. The number of ether oxygens (including phenoxy) is 1. The summed E-state index contributed by atoms with van der Waals surface area (Å²) in [5.74, 6) is 1.62. The van der Waals surface area contributed by atoms with E-state index in [1.807, 2.05) is 54.6 Å². The molecule has 0 bridgehead atoms. The number of amides is 1. The first-order valence-electron chi connectivity index (χ1n) is 5.81. The van der Waals surface area contributed by atoms with E-state index in [0.29, 0.717) is 6.54 Å². The van der Waals surface area contributed by atoms with Gasteiger partial charge in [0, 0.05) is 6.54 Å². The topological polar surface area (TPSA) is 38.3 Å². The zero-order valence-corrected chi connectivity index (χ0v) is 9.93. The lowest BCUT2D eigenvalue weighted by Crippen LogP contribution is -2.14. The van der Waals surface area contributed by atoms with Crippen LogP contribution in [0.2, 0.25) is 0 Å². The molecule has 0 aliphatic heterocycles. The predicted molar refractivity (Wildman–Crippen MR) is 70.4 cm³/mol. The average molecular weight is 240 g/mol. The number of carbonyl (C=O) groups excluding carboxylic acids is 1. The van der Waals surface area contributed by atoms with E-state index in [0.717, 1.165) is 23.5 Å². The van der Waals surface area contributed by atoms with Gasteiger partial charge in [-0.1, -0.05) is 36.4 Å². The van der Waals surface area contributed by atoms with Crippen LogP contribution >= 0.6 is 0 Å². The summed E-state index contributed by atoms with van der Waals surface area (Å²) in [6, 6.07) is 17.4. The minimum absolute atomic E-state index is 0.554. The molecule has 0 saturated heterocycles. The lowest BCUT2D eigenvalue weighted by atomic mass is 10.1. The van der Waals surface area contributed by atoms with E-state index < -0.39 is 0 Å². The fraction of sp³-hybridized carbons (Fsp3) is 0.133. The van der Waals surface area contributed by atoms with Crippen molar-refractivity contribution >= 4 is 6.41 Å². The van der Waals surface area contributed by atoms with Gasteiger partial charge in [0.1, 0.15) is 11.5 Å². The van der Waals surface area contributed by atoms with Crippen molar-refractivity contribution < 1.29 is 9.53 Å². The van der Waals surface area contributed by atoms with Crippen LogP contribution in [-0.2, 0) is 11.2 Å². The molecule has 1 amide bonds. The van der Waals surface area contributed by atoms with Crippen LogP contribution in [0.5, 0.6) is 11.5 Å². The second-order valence-electron chi connectivity index (χ2n) is 3.80. The predicted octanol–water partition coefficient (Wildman–Crippen LogP) is 2.68. The highest BCUT2D eigenvalue weighted by Crippen LogP contribution is 2.25. The SMILES string of the molecule is O=[C]NCCc1ccccc1Oc1ccccc1. The highest BCUT2D eigenvalue weighted by molar-refractivity contribution is 5.47. The van der Waals surface area contributed by atoms with Crippen molar-refractivity contribution in [1.29, 1.82) is 0 Å². The molecule has 2 aromatic carbocycles. The Kier molecular flexibility index (Phi) is 4.36. The van der Waals surface area contributed by atoms with Crippen molar-refractivity contribution in [3.8, 4) is 11.5 Å². The molecule has 0 aliphatic carbocycles. The fourth-order valence-electron chi connectivity index (χ4n) is 1.67. The molecule has 3 nitrogen and oxygen atoms in total. The quantitative estimate of drug-likeness (QED) is 0.622. The molecule has 1 radical (unpaired) electrons. The summed E-state index contributed by atoms with van der Waals surface area (Å²) in [5.41, 5.74) is 1.06. The van der Waals surface area contributed by atoms with Crippen molar-refractivity contribution in [2.24, 2.45) is 0 Å². The van der Waals surface area contributed by atoms with Gasteiger partial charge in [0.25, 0.3) is 0 Å². The van der Waals surface area contributed by atoms with Crippen LogP contribution in [0.25, 0.3) is 0 Å². The van der Waals surface area contributed by atoms with E-state index in [1.54, 1.807) is 6.41 Å². The van der Waals surface area contributed by atoms with E-state index in [9.17, 15) is 4.79 Å². The highest BCUT2D eigenvalue weighted by atomic mass is 16.5. The Morgan fingerprint density at radius 3 is 2.50 bits per heavy atom. The van der Waals surface area contributed by atoms with Crippen molar-refractivity contribution in [1.82, 2.24) is 5.32 Å². The van der Waals surface area contributed by atoms with Gasteiger partial charge < -0.3 is 10.1 Å². The van der Waals surface area contributed by atoms with Crippen molar-refractivity contribution in [2.75, 3.05) is 6.54 Å². The summed E-state index contributed by atoms with van der Waals surface area (Å²) in [5, 5.41) is 2.53. The Morgan fingerprint density at radius 1 is 1.00 bits per heavy atom. The Balaban J connectivity index is 2.09. The first kappa shape index (κ1) is 12.2. The van der Waals surface area contributed by atoms with Gasteiger partial charge in [-0.25, -0.2) is 0 Å². The first-order valence-corrected chi connectivity index (χ1v) is 5.81. The van der Waals surface area contributed by atoms with Crippen LogP contribution in [0.1, 0.15) is 5.56 Å². The number of rotatable bonds is 6. The average Bonchev–Trinajstić information content (AvgIpc) is 2.42. The van der Waals surface area contributed by atoms with Gasteiger partial charge in [-0.3, -0.25) is 4.79 Å². The maximum atomic E-state index is 10.1. The van der Waals surface area contributed by atoms with Gasteiger partial charge in [-0.05, 0) is 30.2 Å². The minimum Gasteiger partial charge on any atom is -0.457 e. The van der Waals surface area contributed by atoms with E-state index in [1.165, 1.54) is 0 Å². The summed E-state index contributed by atoms with van der Waals surface area (Å²) in [6.07, 6.45) is 2.39. The van der Waals surface area contributed by atoms with E-state index in [4.69, 9.17) is 4.74 Å². The molecule has 2 rings (SSSR count). The Bertz CT molecular complexity index is 497. The maximum Gasteiger partial charge on any atom is 0.309 e. The third kappa shape index (κ3) is 3.35. The number of nitrogens with one attached hydrogen (secondary N) is 1. The van der Waals surface area contributed by atoms with Crippen LogP contribution in [0.3, 0.4) is 0 Å². The molecule has 91 valence electrons. The fourth-order valence-corrected chi connectivity index (χ4v) is 1.67. The van der Waals surface area contributed by atoms with Gasteiger partial charge in [0.05, 0.1) is 0 Å². The molecule has 1 N–H and O–H groups in total. The van der Waals surface area contributed by atoms with E-state index >= 15 is 0 Å². The summed E-state index contributed by atoms with van der Waals surface area (Å²) < 4.78 is 5.81. The Labute approximate surface area is 106 Å². The number of benzene rings is 2. The molecular formula is C15H14NO2. The van der Waals surface area contributed by atoms with Crippen LogP contribution in [-0.4, -0.2) is 13.0 Å². The molecule has 0 spiro atoms. The molecular weight excluding hydrogens is 226 g/mol. The van der Waals surface area contributed by atoms with Crippen LogP contribution in [0.15, 0.2) is 54.6 Å². The van der Waals surface area contributed by atoms with Gasteiger partial charge in [0.2, 0.25) is 0 Å². The molecule has 0 atom stereocenters. The van der Waals surface area contributed by atoms with E-state index in [2.05, 4.69) is 5.32 Å². The molecule has 3 heteroatoms. The van der Waals surface area contributed by atoms with Gasteiger partial charge >= 0.3 is 6.41 Å². The zero-order chi connectivity index (χ0) is 12.6. The number of hydrogen-bond donors (Lipinski definition) is 1. The van der Waals surface area contributed by atoms with Gasteiger partial charge in [0.15, 0.2) is 0 Å². The Morgan fingerprint density at radius 2 is 1.72 bits per heavy atom. The molecule has 0 fully saturated rings. The van der Waals surface area contributed by atoms with Gasteiger partial charge in [-0.2, -0.15) is 0 Å². The van der Waals surface area contributed by atoms with Crippen LogP contribution in [0, 0.1) is 0 Å². The summed E-state index contributed by atoms with van der Waals surface area (Å²) in [4.78, 5) is 10.1. The van der Waals surface area contributed by atoms with Crippen LogP contribution in [0.4, 0.5) is 0 Å². The second kappa shape index (κ2) is 6.45. The van der Waals surface area contributed by atoms with Gasteiger partial charge in [-0.15, -0.1) is 0 Å². The van der Waals surface area contributed by atoms with Crippen molar-refractivity contribution in [3.05, 3.63) is 60.2 Å². The first-order chi connectivity index (χ1) is 8.90. The Hall–Kier alpha value is -2.29. The summed E-state index contributed by atoms with van der Waals surface area (Å²) >= 11 is 0. The molecule has 2 aromatic rings. The normalized spacial score (nSPS) is 9.78. The molecule has 0 aliphatic rings. The monoisotopic (exact) mass is 240 g/mol. The summed E-state index contributed by atoms with van der Waals surface area (Å²) in [6.45, 7) is 0.554. The molecule has 0 saturated carbocycles. The second-order valence-corrected chi connectivity index (χ2v) is 3.80. The summed E-state index contributed by atoms with van der Waals surface area (Å²) in [7, 11) is 0. The number of para-hydroxylation sites is 2. The largest absolute Gasteiger partial charge is 0.457 e. The van der Waals surface area contributed by atoms with Crippen LogP contribution < -0.4 is 10.1 Å². The lowest BCUT2D eigenvalue weighted by Gasteiger charge is -2.10. The van der Waals surface area contributed by atoms with Crippen molar-refractivity contribution in [2.45, 2.75) is 6.42 Å². The molecule has 18 heavy (non-hydrogen) atoms. The third-order valence-corrected chi connectivity index (χ3v) is 2.54. The standard InChI is InChI=1S/C15H14NO2/c17-12-16-11-10-13-6-4-5-9-15(13)18-14-7-2-1-3-8-14/h1-9H,10-11H2,(H,16,17). The third-order valence-electron chi connectivity index (χ3n) is 2.54. The highest BCUT2D eigenvalue weighted by Gasteiger charge is 2.03. The zero-order valence-electron chi connectivity index (χ0n) is 9.93. The lowest BCUT2D eigenvalue weighted by molar-refractivity contribution is 0.475.